The molecule has 3 aliphatic heterocycles. The van der Waals surface area contributed by atoms with Gasteiger partial charge in [0.05, 0.1) is 0 Å². The highest BCUT2D eigenvalue weighted by Crippen LogP contribution is 2.50. The van der Waals surface area contributed by atoms with Gasteiger partial charge in [0, 0.05) is 37.4 Å². The number of nitrogens with zero attached hydrogens (tertiary/aromatic N) is 2. The van der Waals surface area contributed by atoms with Crippen LogP contribution in [0.15, 0.2) is 0 Å². The van der Waals surface area contributed by atoms with E-state index in [1.807, 2.05) is 0 Å². The molecule has 0 atom stereocenters. The van der Waals surface area contributed by atoms with Gasteiger partial charge >= 0.3 is 0 Å². The maximum absolute atomic E-state index is 5.29. The molecule has 0 amide bonds. The molecule has 0 aromatic heterocycles. The van der Waals surface area contributed by atoms with Gasteiger partial charge in [0.2, 0.25) is 0 Å². The molecule has 3 heteroatoms. The highest BCUT2D eigenvalue weighted by Gasteiger charge is 2.49. The van der Waals surface area contributed by atoms with Crippen molar-refractivity contribution in [1.82, 2.24) is 9.80 Å². The smallest absolute Gasteiger partial charge is 0.0468 e. The third kappa shape index (κ3) is 14.4. The van der Waals surface area contributed by atoms with Crippen LogP contribution in [-0.4, -0.2) is 60.3 Å². The number of likely N-dealkylation sites (tertiary alicyclic amines) is 2. The monoisotopic (exact) mass is 647 g/mol. The van der Waals surface area contributed by atoms with E-state index in [1.165, 1.54) is 110 Å². The van der Waals surface area contributed by atoms with E-state index < -0.39 is 0 Å². The molecule has 3 nitrogen and oxygen atoms in total. The summed E-state index contributed by atoms with van der Waals surface area (Å²) in [4.78, 5) is 5.10. The standard InChI is InChI=1S/C10H19N.C9H18O.C9H18.C8H16.C7H15N/c1-9(2,3)11-7-10(8-11)5-4-6-10;1-9(2,3)8-4-6-10-7-5-8;1-9(2,3)8-6-4-5-7-8;1-8(2,3)7-5-4-6-7;1-7(2,3)8-5-4-6-8/h4-8H2,1-3H3;8H,4-7H2,1-3H3;8H,4-7H2,1-3H3;7H,4-6H2,1-3H3;4-6H2,1-3H3. The van der Waals surface area contributed by atoms with Gasteiger partial charge in [-0.05, 0) is 152 Å². The molecule has 3 saturated heterocycles. The molecule has 1 spiro atoms. The van der Waals surface area contributed by atoms with Gasteiger partial charge in [-0.2, -0.15) is 0 Å². The van der Waals surface area contributed by atoms with Crippen molar-refractivity contribution >= 4 is 0 Å². The molecule has 0 N–H and O–H groups in total. The Morgan fingerprint density at radius 1 is 0.435 bits per heavy atom. The quantitative estimate of drug-likeness (QED) is 0.260. The van der Waals surface area contributed by atoms with Gasteiger partial charge in [-0.15, -0.1) is 0 Å². The molecular weight excluding hydrogens is 560 g/mol. The molecule has 0 unspecified atom stereocenters. The van der Waals surface area contributed by atoms with Crippen LogP contribution >= 0.6 is 0 Å². The average Bonchev–Trinajstić information content (AvgIpc) is 3.29. The minimum atomic E-state index is 0.418. The summed E-state index contributed by atoms with van der Waals surface area (Å²) in [5, 5.41) is 0. The first-order valence-corrected chi connectivity index (χ1v) is 20.0. The summed E-state index contributed by atoms with van der Waals surface area (Å²) in [7, 11) is 0. The summed E-state index contributed by atoms with van der Waals surface area (Å²) in [6.45, 7) is 42.2. The van der Waals surface area contributed by atoms with Gasteiger partial charge in [-0.25, -0.2) is 0 Å². The number of ether oxygens (including phenoxy) is 1. The van der Waals surface area contributed by atoms with Crippen molar-refractivity contribution in [3.8, 4) is 0 Å². The van der Waals surface area contributed by atoms with Crippen LogP contribution < -0.4 is 0 Å². The van der Waals surface area contributed by atoms with Crippen LogP contribution in [0.1, 0.15) is 187 Å². The summed E-state index contributed by atoms with van der Waals surface area (Å²) in [6, 6.07) is 0. The predicted molar refractivity (Wildman–Crippen MR) is 205 cm³/mol. The van der Waals surface area contributed by atoms with Gasteiger partial charge in [0.1, 0.15) is 0 Å². The van der Waals surface area contributed by atoms with E-state index in [0.717, 1.165) is 36.4 Å². The summed E-state index contributed by atoms with van der Waals surface area (Å²) in [5.74, 6) is 2.92. The van der Waals surface area contributed by atoms with Gasteiger partial charge in [-0.1, -0.05) is 88.0 Å². The second-order valence-corrected chi connectivity index (χ2v) is 21.5. The zero-order valence-electron chi connectivity index (χ0n) is 34.5. The van der Waals surface area contributed by atoms with Crippen LogP contribution in [0.5, 0.6) is 0 Å². The third-order valence-electron chi connectivity index (χ3n) is 12.6. The Morgan fingerprint density at radius 2 is 0.804 bits per heavy atom. The highest BCUT2D eigenvalue weighted by molar-refractivity contribution is 5.03. The van der Waals surface area contributed by atoms with Crippen molar-refractivity contribution in [3.63, 3.8) is 0 Å². The van der Waals surface area contributed by atoms with E-state index in [1.54, 1.807) is 0 Å². The van der Waals surface area contributed by atoms with Crippen LogP contribution in [0.3, 0.4) is 0 Å². The molecule has 6 rings (SSSR count). The SMILES string of the molecule is CC(C)(C)C1CCC1.CC(C)(C)C1CCCC1.CC(C)(C)C1CCOCC1.CC(C)(C)N1CC2(CCC2)C1.CC(C)(C)N1CCC1. The molecule has 3 aliphatic carbocycles. The largest absolute Gasteiger partial charge is 0.381 e. The normalized spacial score (nSPS) is 24.6. The minimum Gasteiger partial charge on any atom is -0.381 e. The van der Waals surface area contributed by atoms with Crippen LogP contribution in [0.2, 0.25) is 0 Å². The second kappa shape index (κ2) is 17.2. The maximum atomic E-state index is 5.29. The summed E-state index contributed by atoms with van der Waals surface area (Å²) in [5.41, 5.74) is 3.31. The molecule has 3 heterocycles. The Balaban J connectivity index is 0.000000201. The molecule has 3 saturated carbocycles. The van der Waals surface area contributed by atoms with Crippen LogP contribution in [0.25, 0.3) is 0 Å². The molecule has 6 aliphatic rings. The van der Waals surface area contributed by atoms with Crippen LogP contribution in [0.4, 0.5) is 0 Å². The number of rotatable bonds is 0. The molecule has 0 radical (unpaired) electrons. The van der Waals surface area contributed by atoms with Crippen LogP contribution in [0, 0.1) is 39.4 Å². The zero-order valence-corrected chi connectivity index (χ0v) is 34.5. The first-order chi connectivity index (χ1) is 20.9. The number of hydrogen-bond acceptors (Lipinski definition) is 3. The first-order valence-electron chi connectivity index (χ1n) is 20.0. The molecule has 274 valence electrons. The Hall–Kier alpha value is -0.120. The molecular formula is C43H86N2O. The van der Waals surface area contributed by atoms with E-state index >= 15 is 0 Å². The molecule has 0 aromatic carbocycles. The lowest BCUT2D eigenvalue weighted by atomic mass is 9.62. The lowest BCUT2D eigenvalue weighted by molar-refractivity contribution is -0.104. The Bertz CT molecular complexity index is 786. The maximum Gasteiger partial charge on any atom is 0.0468 e. The first kappa shape index (κ1) is 42.0. The van der Waals surface area contributed by atoms with E-state index in [9.17, 15) is 0 Å². The van der Waals surface area contributed by atoms with Gasteiger partial charge in [0.15, 0.2) is 0 Å². The lowest BCUT2D eigenvalue weighted by Crippen LogP contribution is -2.64. The Kier molecular flexibility index (Phi) is 15.7. The zero-order chi connectivity index (χ0) is 35.0. The fourth-order valence-corrected chi connectivity index (χ4v) is 7.85. The average molecular weight is 647 g/mol. The van der Waals surface area contributed by atoms with E-state index in [2.05, 4.69) is 114 Å². The third-order valence-corrected chi connectivity index (χ3v) is 12.6. The predicted octanol–water partition coefficient (Wildman–Crippen LogP) is 12.3. The fraction of sp³-hybridized carbons (Fsp3) is 1.00. The molecule has 46 heavy (non-hydrogen) atoms. The van der Waals surface area contributed by atoms with Crippen molar-refractivity contribution in [2.45, 2.75) is 198 Å². The second-order valence-electron chi connectivity index (χ2n) is 21.5. The van der Waals surface area contributed by atoms with Crippen molar-refractivity contribution in [1.29, 1.82) is 0 Å². The van der Waals surface area contributed by atoms with Gasteiger partial charge in [-0.3, -0.25) is 9.80 Å². The minimum absolute atomic E-state index is 0.418. The van der Waals surface area contributed by atoms with Crippen molar-refractivity contribution in [3.05, 3.63) is 0 Å². The molecule has 0 bridgehead atoms. The van der Waals surface area contributed by atoms with Gasteiger partial charge < -0.3 is 4.74 Å². The molecule has 0 aromatic rings. The van der Waals surface area contributed by atoms with E-state index in [4.69, 9.17) is 4.74 Å². The Labute approximate surface area is 291 Å². The number of hydrogen-bond donors (Lipinski definition) is 0. The summed E-state index contributed by atoms with van der Waals surface area (Å²) >= 11 is 0. The molecule has 6 fully saturated rings. The van der Waals surface area contributed by atoms with E-state index in [-0.39, 0.29) is 0 Å². The van der Waals surface area contributed by atoms with Crippen molar-refractivity contribution < 1.29 is 4.74 Å². The fourth-order valence-electron chi connectivity index (χ4n) is 7.85. The van der Waals surface area contributed by atoms with Crippen molar-refractivity contribution in [2.75, 3.05) is 39.4 Å². The van der Waals surface area contributed by atoms with Crippen LogP contribution in [-0.2, 0) is 4.74 Å². The summed E-state index contributed by atoms with van der Waals surface area (Å²) in [6.07, 6.45) is 18.7. The van der Waals surface area contributed by atoms with Gasteiger partial charge in [0.25, 0.3) is 0 Å². The highest BCUT2D eigenvalue weighted by atomic mass is 16.5. The van der Waals surface area contributed by atoms with Crippen molar-refractivity contribution in [2.24, 2.45) is 39.4 Å². The van der Waals surface area contributed by atoms with E-state index in [0.29, 0.717) is 27.3 Å². The summed E-state index contributed by atoms with van der Waals surface area (Å²) < 4.78 is 5.29. The topological polar surface area (TPSA) is 15.7 Å². The lowest BCUT2D eigenvalue weighted by Gasteiger charge is -2.60. The Morgan fingerprint density at radius 3 is 0.978 bits per heavy atom.